The number of ether oxygens (including phenoxy) is 1. The molecule has 0 saturated heterocycles. The Morgan fingerprint density at radius 3 is 2.03 bits per heavy atom. The van der Waals surface area contributed by atoms with Gasteiger partial charge in [0.25, 0.3) is 5.69 Å². The second-order valence-electron chi connectivity index (χ2n) is 16.3. The number of ketones is 3. The second-order valence-corrected chi connectivity index (χ2v) is 22.0. The number of para-hydroxylation sites is 1. The van der Waals surface area contributed by atoms with E-state index >= 15 is 0 Å². The number of sulfone groups is 1. The average Bonchev–Trinajstić information content (AvgIpc) is 3.68. The van der Waals surface area contributed by atoms with Crippen LogP contribution in [0.25, 0.3) is 5.69 Å². The van der Waals surface area contributed by atoms with Crippen LogP contribution in [0.15, 0.2) is 59.6 Å². The summed E-state index contributed by atoms with van der Waals surface area (Å²) in [5.41, 5.74) is 10.9. The number of nitrogen functional groups attached to an aromatic ring is 1. The van der Waals surface area contributed by atoms with Crippen LogP contribution in [0.2, 0.25) is 10.0 Å². The average molecular weight is 1150 g/mol. The molecule has 0 aliphatic heterocycles. The Hall–Kier alpha value is -5.86. The highest BCUT2D eigenvalue weighted by molar-refractivity contribution is 7.90. The van der Waals surface area contributed by atoms with Gasteiger partial charge in [-0.15, -0.1) is 11.6 Å². The monoisotopic (exact) mass is 1140 g/mol. The number of nitrogens with zero attached hydrogens (tertiary/aromatic N) is 5. The van der Waals surface area contributed by atoms with Crippen molar-refractivity contribution in [2.24, 2.45) is 11.7 Å². The minimum absolute atomic E-state index is 0.0223. The SMILES string of the molecule is CCc1cccc(C)c1N(C(=O)CCl)C(C)COC.CP(=O)(O)CCC(N)C(=O)O.CS(=O)(=O)c1ccc(C(=O)C2C(=O)CCCC2=O)c([N+](=O)[O-])c1.Nc1c([N+](=O)[O-])cnn1-c1c(Cl)cc(C(F)(F)F)cc1Cl. The molecule has 0 bridgehead atoms. The summed E-state index contributed by atoms with van der Waals surface area (Å²) in [5.74, 6) is -5.26. The number of amides is 1. The van der Waals surface area contributed by atoms with Crippen molar-refractivity contribution in [1.82, 2.24) is 9.78 Å². The van der Waals surface area contributed by atoms with Crippen molar-refractivity contribution in [3.63, 3.8) is 0 Å². The van der Waals surface area contributed by atoms with E-state index in [2.05, 4.69) is 18.1 Å². The minimum atomic E-state index is -4.63. The molecule has 3 aromatic carbocycles. The molecular weight excluding hydrogens is 1090 g/mol. The van der Waals surface area contributed by atoms with E-state index < -0.39 is 96.8 Å². The molecule has 1 heterocycles. The Bertz CT molecular complexity index is 2880. The van der Waals surface area contributed by atoms with Crippen LogP contribution in [0.4, 0.5) is 36.1 Å². The summed E-state index contributed by atoms with van der Waals surface area (Å²) in [6.45, 7) is 7.74. The fourth-order valence-corrected chi connectivity index (χ4v) is 9.05. The second kappa shape index (κ2) is 27.6. The van der Waals surface area contributed by atoms with Crippen LogP contribution < -0.4 is 16.4 Å². The summed E-state index contributed by atoms with van der Waals surface area (Å²) in [7, 11) is -5.16. The number of methoxy groups -OCH3 is 1. The van der Waals surface area contributed by atoms with Gasteiger partial charge in [0.05, 0.1) is 54.3 Å². The number of hydrogen-bond acceptors (Lipinski definition) is 16. The first-order chi connectivity index (χ1) is 34.1. The molecule has 1 amide bonds. The minimum Gasteiger partial charge on any atom is -0.480 e. The van der Waals surface area contributed by atoms with E-state index in [1.807, 2.05) is 26.0 Å². The maximum atomic E-state index is 12.6. The number of aryl methyl sites for hydroxylation is 2. The van der Waals surface area contributed by atoms with Crippen molar-refractivity contribution in [2.75, 3.05) is 49.3 Å². The van der Waals surface area contributed by atoms with E-state index in [1.54, 1.807) is 12.0 Å². The van der Waals surface area contributed by atoms with Crippen LogP contribution in [0, 0.1) is 33.1 Å². The van der Waals surface area contributed by atoms with Gasteiger partial charge in [-0.05, 0) is 68.5 Å². The number of alkyl halides is 4. The van der Waals surface area contributed by atoms with Gasteiger partial charge in [-0.1, -0.05) is 48.3 Å². The molecule has 3 atom stereocenters. The fourth-order valence-electron chi connectivity index (χ4n) is 6.88. The molecule has 74 heavy (non-hydrogen) atoms. The van der Waals surface area contributed by atoms with Gasteiger partial charge in [-0.3, -0.25) is 48.8 Å². The summed E-state index contributed by atoms with van der Waals surface area (Å²) in [6, 6.07) is 9.07. The largest absolute Gasteiger partial charge is 0.480 e. The Kier molecular flexibility index (Phi) is 24.0. The van der Waals surface area contributed by atoms with Gasteiger partial charge in [-0.25, -0.2) is 13.1 Å². The van der Waals surface area contributed by atoms with Crippen molar-refractivity contribution in [3.8, 4) is 5.69 Å². The maximum Gasteiger partial charge on any atom is 0.416 e. The standard InChI is InChI=1S/C15H22ClNO2.C14H13NO7S.C10H5Cl2F3N4O2.C5H12NO4P/c1-5-13-8-6-7-11(2)15(13)17(14(18)9-16)12(3)10-19-4;1-23(21,22)8-5-6-9(10(7-8)15(19)20)14(18)13-11(16)3-2-4-12(13)17;11-5-1-4(10(13,14)15)2-6(12)8(5)18-9(16)7(3-17-18)19(20)21;1-11(9,10)3-2-4(6)5(7)8/h6-8,12H,5,9-10H2,1-4H3;5-7,13H,2-4H2,1H3;1-3H,16H2;4H,2-3,6H2,1H3,(H,7,8)(H,9,10). The Morgan fingerprint density at radius 2 is 1.59 bits per heavy atom. The molecule has 30 heteroatoms. The van der Waals surface area contributed by atoms with Crippen molar-refractivity contribution in [2.45, 2.75) is 76.0 Å². The first-order valence-corrected chi connectivity index (χ1v) is 27.0. The lowest BCUT2D eigenvalue weighted by Gasteiger charge is -2.31. The topological polar surface area (TPSA) is 346 Å². The molecule has 6 N–H and O–H groups in total. The summed E-state index contributed by atoms with van der Waals surface area (Å²) >= 11 is 17.3. The van der Waals surface area contributed by atoms with E-state index in [4.69, 9.17) is 61.0 Å². The molecular formula is C44H52Cl3F3N7O15PS. The zero-order valence-corrected chi connectivity index (χ0v) is 44.3. The van der Waals surface area contributed by atoms with Crippen LogP contribution in [0.1, 0.15) is 66.6 Å². The summed E-state index contributed by atoms with van der Waals surface area (Å²) < 4.78 is 77.4. The van der Waals surface area contributed by atoms with Crippen molar-refractivity contribution >= 4 is 104 Å². The highest BCUT2D eigenvalue weighted by atomic mass is 35.5. The lowest BCUT2D eigenvalue weighted by molar-refractivity contribution is -0.385. The Labute approximate surface area is 436 Å². The molecule has 22 nitrogen and oxygen atoms in total. The van der Waals surface area contributed by atoms with E-state index in [0.717, 1.165) is 58.6 Å². The van der Waals surface area contributed by atoms with E-state index in [9.17, 15) is 70.4 Å². The number of aromatic nitrogens is 2. The van der Waals surface area contributed by atoms with Gasteiger partial charge < -0.3 is 31.1 Å². The van der Waals surface area contributed by atoms with Crippen molar-refractivity contribution < 1.29 is 74.7 Å². The number of nitrogens with two attached hydrogens (primary N) is 2. The third kappa shape index (κ3) is 17.9. The molecule has 406 valence electrons. The molecule has 3 unspecified atom stereocenters. The number of hydrogen-bond donors (Lipinski definition) is 4. The molecule has 1 aromatic heterocycles. The van der Waals surface area contributed by atoms with Gasteiger partial charge in [-0.2, -0.15) is 18.3 Å². The number of aliphatic carboxylic acids is 1. The quantitative estimate of drug-likeness (QED) is 0.0209. The predicted molar refractivity (Wildman–Crippen MR) is 268 cm³/mol. The number of carboxylic acid groups (broad SMARTS) is 1. The normalized spacial score (nSPS) is 14.4. The molecule has 1 fully saturated rings. The lowest BCUT2D eigenvalue weighted by atomic mass is 9.81. The fraction of sp³-hybridized carbons (Fsp3) is 0.409. The number of nitro benzene ring substituents is 1. The van der Waals surface area contributed by atoms with Gasteiger partial charge in [0.1, 0.15) is 29.7 Å². The first kappa shape index (κ1) is 64.3. The number of benzene rings is 3. The van der Waals surface area contributed by atoms with Gasteiger partial charge in [0.15, 0.2) is 34.6 Å². The van der Waals surface area contributed by atoms with Gasteiger partial charge in [0.2, 0.25) is 11.7 Å². The Balaban J connectivity index is 0.000000347. The molecule has 1 aliphatic rings. The van der Waals surface area contributed by atoms with Crippen LogP contribution >= 0.6 is 42.2 Å². The van der Waals surface area contributed by atoms with Crippen molar-refractivity contribution in [1.29, 1.82) is 0 Å². The van der Waals surface area contributed by atoms with E-state index in [1.165, 1.54) is 6.66 Å². The molecule has 1 saturated carbocycles. The van der Waals surface area contributed by atoms with Crippen LogP contribution in [-0.4, -0.2) is 118 Å². The third-order valence-electron chi connectivity index (χ3n) is 10.5. The predicted octanol–water partition coefficient (Wildman–Crippen LogP) is 7.66. The van der Waals surface area contributed by atoms with E-state index in [-0.39, 0.29) is 63.9 Å². The summed E-state index contributed by atoms with van der Waals surface area (Å²) in [5, 5.41) is 32.9. The number of carbonyl (C=O) groups excluding carboxylic acids is 4. The van der Waals surface area contributed by atoms with Gasteiger partial charge in [0, 0.05) is 45.1 Å². The molecule has 4 aromatic rings. The number of carboxylic acids is 1. The zero-order chi connectivity index (χ0) is 56.8. The number of Topliss-reactive ketones (excluding diaryl/α,β-unsaturated/α-hetero) is 3. The third-order valence-corrected chi connectivity index (χ3v) is 13.5. The van der Waals surface area contributed by atoms with Crippen LogP contribution in [0.5, 0.6) is 0 Å². The number of rotatable bonds is 16. The molecule has 0 spiro atoms. The highest BCUT2D eigenvalue weighted by Gasteiger charge is 2.39. The van der Waals surface area contributed by atoms with Gasteiger partial charge >= 0.3 is 17.8 Å². The molecule has 0 radical (unpaired) electrons. The Morgan fingerprint density at radius 1 is 1.04 bits per heavy atom. The first-order valence-electron chi connectivity index (χ1n) is 21.5. The summed E-state index contributed by atoms with van der Waals surface area (Å²) in [4.78, 5) is 88.7. The molecule has 1 aliphatic carbocycles. The number of nitro groups is 2. The maximum absolute atomic E-state index is 12.6. The number of halogens is 6. The zero-order valence-electron chi connectivity index (χ0n) is 40.3. The van der Waals surface area contributed by atoms with E-state index in [0.29, 0.717) is 25.2 Å². The smallest absolute Gasteiger partial charge is 0.416 e. The highest BCUT2D eigenvalue weighted by Crippen LogP contribution is 2.39. The van der Waals surface area contributed by atoms with Crippen LogP contribution in [-0.2, 0) is 50.9 Å². The van der Waals surface area contributed by atoms with Crippen molar-refractivity contribution in [3.05, 3.63) is 107 Å². The van der Waals surface area contributed by atoms with Crippen LogP contribution in [0.3, 0.4) is 0 Å². The number of carbonyl (C=O) groups is 5. The summed E-state index contributed by atoms with van der Waals surface area (Å²) in [6.07, 6.45) is -1.54. The lowest BCUT2D eigenvalue weighted by Crippen LogP contribution is -2.43. The molecule has 5 rings (SSSR count). The number of anilines is 2.